The molecule has 2 heterocycles. The zero-order valence-electron chi connectivity index (χ0n) is 18.4. The molecule has 4 aromatic rings. The van der Waals surface area contributed by atoms with Gasteiger partial charge in [-0.05, 0) is 50.1 Å². The number of aryl methyl sites for hydroxylation is 2. The minimum absolute atomic E-state index is 0.160. The molecule has 2 aromatic heterocycles. The van der Waals surface area contributed by atoms with Crippen molar-refractivity contribution < 1.29 is 13.2 Å². The molecule has 0 aliphatic carbocycles. The molecule has 6 nitrogen and oxygen atoms in total. The van der Waals surface area contributed by atoms with Crippen molar-refractivity contribution in [3.8, 4) is 0 Å². The molecule has 4 rings (SSSR count). The van der Waals surface area contributed by atoms with Gasteiger partial charge in [-0.15, -0.1) is 11.3 Å². The van der Waals surface area contributed by atoms with Crippen molar-refractivity contribution >= 4 is 37.3 Å². The number of aromatic nitrogens is 2. The highest BCUT2D eigenvalue weighted by molar-refractivity contribution is 7.90. The van der Waals surface area contributed by atoms with E-state index in [1.54, 1.807) is 24.3 Å². The highest BCUT2D eigenvalue weighted by Crippen LogP contribution is 2.29. The van der Waals surface area contributed by atoms with Crippen molar-refractivity contribution in [2.24, 2.45) is 0 Å². The lowest BCUT2D eigenvalue weighted by molar-refractivity contribution is 0.0944. The van der Waals surface area contributed by atoms with Crippen LogP contribution in [-0.2, 0) is 16.4 Å². The van der Waals surface area contributed by atoms with Crippen LogP contribution in [0, 0.1) is 13.8 Å². The van der Waals surface area contributed by atoms with Crippen molar-refractivity contribution in [1.29, 1.82) is 0 Å². The molecule has 1 atom stereocenters. The van der Waals surface area contributed by atoms with E-state index in [4.69, 9.17) is 0 Å². The normalized spacial score (nSPS) is 12.8. The number of carbonyl (C=O) groups is 1. The lowest BCUT2D eigenvalue weighted by atomic mass is 10.1. The first kappa shape index (κ1) is 22.2. The first-order chi connectivity index (χ1) is 15.1. The molecular formula is C24H25N3O3S2. The van der Waals surface area contributed by atoms with E-state index >= 15 is 0 Å². The van der Waals surface area contributed by atoms with Gasteiger partial charge in [0, 0.05) is 11.6 Å². The average molecular weight is 468 g/mol. The van der Waals surface area contributed by atoms with Gasteiger partial charge >= 0.3 is 0 Å². The molecule has 0 aliphatic rings. The fourth-order valence-electron chi connectivity index (χ4n) is 3.55. The van der Waals surface area contributed by atoms with Crippen LogP contribution < -0.4 is 5.32 Å². The lowest BCUT2D eigenvalue weighted by Crippen LogP contribution is -2.25. The third kappa shape index (κ3) is 4.61. The van der Waals surface area contributed by atoms with Crippen LogP contribution in [0.5, 0.6) is 0 Å². The van der Waals surface area contributed by atoms with E-state index in [0.29, 0.717) is 11.4 Å². The largest absolute Gasteiger partial charge is 0.345 e. The summed E-state index contributed by atoms with van der Waals surface area (Å²) < 4.78 is 25.2. The minimum Gasteiger partial charge on any atom is -0.345 e. The number of amides is 1. The van der Waals surface area contributed by atoms with E-state index < -0.39 is 9.84 Å². The van der Waals surface area contributed by atoms with Crippen LogP contribution in [0.2, 0.25) is 0 Å². The Labute approximate surface area is 191 Å². The van der Waals surface area contributed by atoms with Crippen LogP contribution in [0.4, 0.5) is 0 Å². The van der Waals surface area contributed by atoms with E-state index in [1.807, 2.05) is 24.6 Å². The molecule has 0 fully saturated rings. The standard InChI is InChI=1S/C24H25N3O3S2/c1-15-5-7-18(8-6-15)14-27-24-21(17(3)26-27)13-22(31-24)23(28)25-16(2)19-9-11-20(12-10-19)32(4,29)30/h5-13,16H,14H2,1-4H3,(H,25,28)/t16-/m0/s1. The van der Waals surface area contributed by atoms with Gasteiger partial charge in [0.25, 0.3) is 5.91 Å². The Kier molecular flexibility index (Phi) is 5.92. The Morgan fingerprint density at radius 3 is 2.38 bits per heavy atom. The van der Waals surface area contributed by atoms with Crippen LogP contribution >= 0.6 is 11.3 Å². The number of rotatable bonds is 6. The summed E-state index contributed by atoms with van der Waals surface area (Å²) in [7, 11) is -3.25. The second-order valence-electron chi connectivity index (χ2n) is 8.09. The van der Waals surface area contributed by atoms with Gasteiger partial charge in [0.15, 0.2) is 9.84 Å². The zero-order chi connectivity index (χ0) is 23.0. The summed E-state index contributed by atoms with van der Waals surface area (Å²) in [5.74, 6) is -0.160. The number of hydrogen-bond donors (Lipinski definition) is 1. The summed E-state index contributed by atoms with van der Waals surface area (Å²) in [6.45, 7) is 6.54. The fraction of sp³-hybridized carbons (Fsp3) is 0.250. The monoisotopic (exact) mass is 467 g/mol. The predicted octanol–water partition coefficient (Wildman–Crippen LogP) is 4.66. The smallest absolute Gasteiger partial charge is 0.261 e. The quantitative estimate of drug-likeness (QED) is 0.447. The van der Waals surface area contributed by atoms with Gasteiger partial charge in [0.2, 0.25) is 0 Å². The highest BCUT2D eigenvalue weighted by Gasteiger charge is 2.19. The summed E-state index contributed by atoms with van der Waals surface area (Å²) >= 11 is 1.43. The summed E-state index contributed by atoms with van der Waals surface area (Å²) in [4.78, 5) is 14.8. The molecule has 1 amide bonds. The third-order valence-corrected chi connectivity index (χ3v) is 7.72. The maximum atomic E-state index is 12.9. The second-order valence-corrected chi connectivity index (χ2v) is 11.1. The molecular weight excluding hydrogens is 442 g/mol. The van der Waals surface area contributed by atoms with Crippen LogP contribution in [0.25, 0.3) is 10.2 Å². The van der Waals surface area contributed by atoms with Gasteiger partial charge < -0.3 is 5.32 Å². The molecule has 0 bridgehead atoms. The number of benzene rings is 2. The molecule has 166 valence electrons. The number of nitrogens with one attached hydrogen (secondary N) is 1. The van der Waals surface area contributed by atoms with Gasteiger partial charge in [-0.3, -0.25) is 9.48 Å². The Balaban J connectivity index is 1.53. The number of carbonyl (C=O) groups excluding carboxylic acids is 1. The summed E-state index contributed by atoms with van der Waals surface area (Å²) in [6, 6.07) is 16.6. The molecule has 8 heteroatoms. The van der Waals surface area contributed by atoms with Crippen molar-refractivity contribution in [2.45, 2.75) is 38.3 Å². The summed E-state index contributed by atoms with van der Waals surface area (Å²) in [5.41, 5.74) is 4.11. The SMILES string of the molecule is Cc1ccc(Cn2nc(C)c3cc(C(=O)N[C@@H](C)c4ccc(S(C)(=O)=O)cc4)sc32)cc1. The number of sulfone groups is 1. The van der Waals surface area contributed by atoms with Crippen molar-refractivity contribution in [2.75, 3.05) is 6.26 Å². The van der Waals surface area contributed by atoms with Crippen LogP contribution in [0.3, 0.4) is 0 Å². The van der Waals surface area contributed by atoms with E-state index in [1.165, 1.54) is 23.2 Å². The Hall–Kier alpha value is -2.97. The first-order valence-electron chi connectivity index (χ1n) is 10.2. The molecule has 2 aromatic carbocycles. The molecule has 0 radical (unpaired) electrons. The molecule has 0 spiro atoms. The van der Waals surface area contributed by atoms with E-state index in [2.05, 4.69) is 41.6 Å². The van der Waals surface area contributed by atoms with Crippen LogP contribution in [0.1, 0.15) is 45.0 Å². The van der Waals surface area contributed by atoms with Gasteiger partial charge in [-0.2, -0.15) is 5.10 Å². The summed E-state index contributed by atoms with van der Waals surface area (Å²) in [6.07, 6.45) is 1.18. The first-order valence-corrected chi connectivity index (χ1v) is 13.0. The Bertz CT molecular complexity index is 1380. The van der Waals surface area contributed by atoms with Gasteiger partial charge in [0.05, 0.1) is 28.1 Å². The lowest BCUT2D eigenvalue weighted by Gasteiger charge is -2.14. The van der Waals surface area contributed by atoms with Crippen molar-refractivity contribution in [3.05, 3.63) is 81.9 Å². The van der Waals surface area contributed by atoms with E-state index in [-0.39, 0.29) is 16.8 Å². The van der Waals surface area contributed by atoms with Crippen molar-refractivity contribution in [3.63, 3.8) is 0 Å². The Morgan fingerprint density at radius 2 is 1.75 bits per heavy atom. The fourth-order valence-corrected chi connectivity index (χ4v) is 5.25. The van der Waals surface area contributed by atoms with Crippen molar-refractivity contribution in [1.82, 2.24) is 15.1 Å². The molecule has 0 saturated carbocycles. The Morgan fingerprint density at radius 1 is 1.09 bits per heavy atom. The summed E-state index contributed by atoms with van der Waals surface area (Å²) in [5, 5.41) is 8.64. The molecule has 0 aliphatic heterocycles. The predicted molar refractivity (Wildman–Crippen MR) is 128 cm³/mol. The molecule has 0 unspecified atom stereocenters. The highest BCUT2D eigenvalue weighted by atomic mass is 32.2. The molecule has 32 heavy (non-hydrogen) atoms. The maximum Gasteiger partial charge on any atom is 0.261 e. The maximum absolute atomic E-state index is 12.9. The second kappa shape index (κ2) is 8.52. The van der Waals surface area contributed by atoms with Gasteiger partial charge in [-0.25, -0.2) is 8.42 Å². The van der Waals surface area contributed by atoms with E-state index in [0.717, 1.165) is 27.0 Å². The van der Waals surface area contributed by atoms with Gasteiger partial charge in [0.1, 0.15) is 4.83 Å². The molecule has 0 saturated heterocycles. The van der Waals surface area contributed by atoms with E-state index in [9.17, 15) is 13.2 Å². The van der Waals surface area contributed by atoms with Crippen LogP contribution in [-0.4, -0.2) is 30.4 Å². The number of fused-ring (bicyclic) bond motifs is 1. The number of nitrogens with zero attached hydrogens (tertiary/aromatic N) is 2. The average Bonchev–Trinajstić information content (AvgIpc) is 3.30. The number of thiophene rings is 1. The zero-order valence-corrected chi connectivity index (χ0v) is 20.0. The van der Waals surface area contributed by atoms with Crippen LogP contribution in [0.15, 0.2) is 59.5 Å². The third-order valence-electron chi connectivity index (χ3n) is 5.44. The molecule has 1 N–H and O–H groups in total. The topological polar surface area (TPSA) is 81.1 Å². The minimum atomic E-state index is -3.25. The van der Waals surface area contributed by atoms with Gasteiger partial charge in [-0.1, -0.05) is 42.0 Å². The number of hydrogen-bond acceptors (Lipinski definition) is 5.